The zero-order valence-electron chi connectivity index (χ0n) is 16.9. The number of hydrogen-bond donors (Lipinski definition) is 1. The molecule has 2 heterocycles. The van der Waals surface area contributed by atoms with Gasteiger partial charge in [-0.3, -0.25) is 14.5 Å². The van der Waals surface area contributed by atoms with Crippen LogP contribution in [0.1, 0.15) is 45.1 Å². The van der Waals surface area contributed by atoms with Crippen molar-refractivity contribution in [3.05, 3.63) is 23.8 Å². The maximum Gasteiger partial charge on any atom is 0.325 e. The predicted molar refractivity (Wildman–Crippen MR) is 104 cm³/mol. The predicted octanol–water partition coefficient (Wildman–Crippen LogP) is 2.26. The average Bonchev–Trinajstić information content (AvgIpc) is 3.26. The smallest absolute Gasteiger partial charge is 0.325 e. The highest BCUT2D eigenvalue weighted by atomic mass is 16.7. The van der Waals surface area contributed by atoms with E-state index < -0.39 is 11.6 Å². The number of carbonyl (C=O) groups is 3. The van der Waals surface area contributed by atoms with Crippen LogP contribution >= 0.6 is 0 Å². The van der Waals surface area contributed by atoms with Crippen molar-refractivity contribution in [2.24, 2.45) is 5.92 Å². The molecule has 0 aromatic heterocycles. The summed E-state index contributed by atoms with van der Waals surface area (Å²) in [5.41, 5.74) is 0.0810. The fraction of sp³-hybridized carbons (Fsp3) is 0.571. The first-order valence-corrected chi connectivity index (χ1v) is 10.2. The van der Waals surface area contributed by atoms with Crippen molar-refractivity contribution < 1.29 is 23.9 Å². The number of likely N-dealkylation sites (N-methyl/N-ethyl adjacent to an activating group) is 1. The molecule has 29 heavy (non-hydrogen) atoms. The zero-order valence-corrected chi connectivity index (χ0v) is 16.9. The molecule has 8 heteroatoms. The first-order valence-electron chi connectivity index (χ1n) is 10.2. The van der Waals surface area contributed by atoms with Gasteiger partial charge >= 0.3 is 6.03 Å². The van der Waals surface area contributed by atoms with Crippen LogP contribution in [-0.2, 0) is 16.1 Å². The minimum Gasteiger partial charge on any atom is -0.454 e. The molecule has 0 unspecified atom stereocenters. The van der Waals surface area contributed by atoms with Crippen molar-refractivity contribution in [2.75, 3.05) is 19.9 Å². The molecule has 4 rings (SSSR count). The van der Waals surface area contributed by atoms with E-state index in [1.165, 1.54) is 0 Å². The number of ether oxygens (including phenoxy) is 2. The molecule has 2 aliphatic heterocycles. The van der Waals surface area contributed by atoms with Gasteiger partial charge in [-0.15, -0.1) is 0 Å². The van der Waals surface area contributed by atoms with Gasteiger partial charge < -0.3 is 19.7 Å². The summed E-state index contributed by atoms with van der Waals surface area (Å²) < 4.78 is 10.7. The molecule has 8 nitrogen and oxygen atoms in total. The molecule has 0 bridgehead atoms. The number of benzene rings is 1. The number of fused-ring (bicyclic) bond motifs is 1. The largest absolute Gasteiger partial charge is 0.454 e. The van der Waals surface area contributed by atoms with E-state index in [4.69, 9.17) is 9.47 Å². The van der Waals surface area contributed by atoms with Gasteiger partial charge in [-0.05, 0) is 56.2 Å². The van der Waals surface area contributed by atoms with Gasteiger partial charge in [0.15, 0.2) is 11.5 Å². The molecular formula is C21H27N3O5. The minimum atomic E-state index is -0.821. The van der Waals surface area contributed by atoms with Crippen LogP contribution in [0.15, 0.2) is 18.2 Å². The highest BCUT2D eigenvalue weighted by Crippen LogP contribution is 2.36. The van der Waals surface area contributed by atoms with Gasteiger partial charge in [-0.25, -0.2) is 4.79 Å². The van der Waals surface area contributed by atoms with Gasteiger partial charge in [0, 0.05) is 13.1 Å². The lowest BCUT2D eigenvalue weighted by atomic mass is 9.77. The van der Waals surface area contributed by atoms with E-state index in [1.54, 1.807) is 4.90 Å². The van der Waals surface area contributed by atoms with Crippen LogP contribution in [0.2, 0.25) is 0 Å². The van der Waals surface area contributed by atoms with Gasteiger partial charge in [0.2, 0.25) is 12.7 Å². The molecule has 1 saturated heterocycles. The first kappa shape index (κ1) is 19.5. The zero-order chi connectivity index (χ0) is 20.6. The highest BCUT2D eigenvalue weighted by molar-refractivity contribution is 6.09. The van der Waals surface area contributed by atoms with Gasteiger partial charge in [-0.2, -0.15) is 0 Å². The number of hydrogen-bond acceptors (Lipinski definition) is 5. The fourth-order valence-corrected chi connectivity index (χ4v) is 4.28. The molecule has 4 amide bonds. The number of imide groups is 1. The summed E-state index contributed by atoms with van der Waals surface area (Å²) in [5, 5.41) is 2.87. The normalized spacial score (nSPS) is 25.4. The van der Waals surface area contributed by atoms with Crippen molar-refractivity contribution in [1.29, 1.82) is 0 Å². The Morgan fingerprint density at radius 3 is 2.69 bits per heavy atom. The standard InChI is InChI=1S/C21H27N3O5/c1-3-23(11-15-4-5-16-17(10-15)29-13-28-16)18(25)12-24-19(26)21(22-20(24)27)8-6-14(2)7-9-21/h4-5,10,14H,3,6-9,11-13H2,1-2H3,(H,22,27). The molecule has 0 radical (unpaired) electrons. The topological polar surface area (TPSA) is 88.2 Å². The van der Waals surface area contributed by atoms with Crippen LogP contribution in [0.4, 0.5) is 4.79 Å². The molecule has 0 atom stereocenters. The maximum absolute atomic E-state index is 13.0. The number of rotatable bonds is 5. The van der Waals surface area contributed by atoms with Crippen LogP contribution in [0.5, 0.6) is 11.5 Å². The second-order valence-electron chi connectivity index (χ2n) is 8.18. The molecule has 1 aromatic rings. The van der Waals surface area contributed by atoms with E-state index in [0.29, 0.717) is 43.3 Å². The van der Waals surface area contributed by atoms with Crippen LogP contribution in [0.25, 0.3) is 0 Å². The molecule has 2 fully saturated rings. The molecule has 3 aliphatic rings. The highest BCUT2D eigenvalue weighted by Gasteiger charge is 2.52. The number of amides is 4. The van der Waals surface area contributed by atoms with E-state index in [0.717, 1.165) is 23.3 Å². The molecule has 1 aromatic carbocycles. The van der Waals surface area contributed by atoms with Gasteiger partial charge in [0.05, 0.1) is 0 Å². The maximum atomic E-state index is 13.0. The third-order valence-corrected chi connectivity index (χ3v) is 6.21. The van der Waals surface area contributed by atoms with E-state index in [9.17, 15) is 14.4 Å². The van der Waals surface area contributed by atoms with Crippen molar-refractivity contribution in [2.45, 2.75) is 51.6 Å². The van der Waals surface area contributed by atoms with Gasteiger partial charge in [0.25, 0.3) is 5.91 Å². The molecule has 1 aliphatic carbocycles. The van der Waals surface area contributed by atoms with E-state index in [1.807, 2.05) is 25.1 Å². The summed E-state index contributed by atoms with van der Waals surface area (Å²) in [6.45, 7) is 4.84. The SMILES string of the molecule is CCN(Cc1ccc2c(c1)OCO2)C(=O)CN1C(=O)NC2(CCC(C)CC2)C1=O. The molecule has 1 saturated carbocycles. The van der Waals surface area contributed by atoms with E-state index >= 15 is 0 Å². The number of nitrogens with one attached hydrogen (secondary N) is 1. The summed E-state index contributed by atoms with van der Waals surface area (Å²) >= 11 is 0. The Bertz CT molecular complexity index is 832. The number of nitrogens with zero attached hydrogens (tertiary/aromatic N) is 2. The number of urea groups is 1. The van der Waals surface area contributed by atoms with Crippen molar-refractivity contribution in [1.82, 2.24) is 15.1 Å². The average molecular weight is 401 g/mol. The van der Waals surface area contributed by atoms with Gasteiger partial charge in [0.1, 0.15) is 12.1 Å². The second kappa shape index (κ2) is 7.57. The number of carbonyl (C=O) groups excluding carboxylic acids is 3. The third kappa shape index (κ3) is 3.63. The van der Waals surface area contributed by atoms with Gasteiger partial charge in [-0.1, -0.05) is 13.0 Å². The Hall–Kier alpha value is -2.77. The summed E-state index contributed by atoms with van der Waals surface area (Å²) in [7, 11) is 0. The summed E-state index contributed by atoms with van der Waals surface area (Å²) in [6.07, 6.45) is 3.08. The third-order valence-electron chi connectivity index (χ3n) is 6.21. The Morgan fingerprint density at radius 2 is 1.97 bits per heavy atom. The van der Waals surface area contributed by atoms with Crippen LogP contribution in [-0.4, -0.2) is 53.1 Å². The lowest BCUT2D eigenvalue weighted by Crippen LogP contribution is -2.50. The summed E-state index contributed by atoms with van der Waals surface area (Å²) in [5.74, 6) is 1.39. The van der Waals surface area contributed by atoms with Crippen molar-refractivity contribution >= 4 is 17.8 Å². The van der Waals surface area contributed by atoms with Crippen molar-refractivity contribution in [3.8, 4) is 11.5 Å². The first-order chi connectivity index (χ1) is 13.9. The molecule has 1 spiro atoms. The Balaban J connectivity index is 1.42. The quantitative estimate of drug-likeness (QED) is 0.765. The Morgan fingerprint density at radius 1 is 1.24 bits per heavy atom. The lowest BCUT2D eigenvalue weighted by Gasteiger charge is -2.33. The Kier molecular flexibility index (Phi) is 5.10. The molecule has 156 valence electrons. The second-order valence-corrected chi connectivity index (χ2v) is 8.18. The summed E-state index contributed by atoms with van der Waals surface area (Å²) in [6, 6.07) is 5.10. The fourth-order valence-electron chi connectivity index (χ4n) is 4.28. The molecular weight excluding hydrogens is 374 g/mol. The van der Waals surface area contributed by atoms with E-state index in [-0.39, 0.29) is 25.2 Å². The van der Waals surface area contributed by atoms with Crippen LogP contribution in [0.3, 0.4) is 0 Å². The minimum absolute atomic E-state index is 0.196. The Labute approximate surface area is 170 Å². The van der Waals surface area contributed by atoms with E-state index in [2.05, 4.69) is 12.2 Å². The van der Waals surface area contributed by atoms with Crippen LogP contribution in [0, 0.1) is 5.92 Å². The summed E-state index contributed by atoms with van der Waals surface area (Å²) in [4.78, 5) is 41.0. The monoisotopic (exact) mass is 401 g/mol. The molecule has 1 N–H and O–H groups in total. The van der Waals surface area contributed by atoms with Crippen LogP contribution < -0.4 is 14.8 Å². The lowest BCUT2D eigenvalue weighted by molar-refractivity contribution is -0.139. The van der Waals surface area contributed by atoms with Crippen molar-refractivity contribution in [3.63, 3.8) is 0 Å².